The molecule has 0 unspecified atom stereocenters. The van der Waals surface area contributed by atoms with Crippen molar-refractivity contribution in [3.8, 4) is 17.9 Å². The SMILES string of the molecule is Cc1ccc(Cl)cc1NC(=O)/C(C#N)=C/c1ccc(OCC#N)c(Cl)c1. The van der Waals surface area contributed by atoms with Crippen LogP contribution in [0.5, 0.6) is 5.75 Å². The Bertz CT molecular complexity index is 956. The zero-order valence-corrected chi connectivity index (χ0v) is 15.2. The van der Waals surface area contributed by atoms with Gasteiger partial charge in [-0.1, -0.05) is 35.3 Å². The maximum atomic E-state index is 12.4. The fourth-order valence-electron chi connectivity index (χ4n) is 2.07. The highest BCUT2D eigenvalue weighted by atomic mass is 35.5. The van der Waals surface area contributed by atoms with Gasteiger partial charge in [0.25, 0.3) is 5.91 Å². The molecule has 1 amide bonds. The van der Waals surface area contributed by atoms with Crippen LogP contribution < -0.4 is 10.1 Å². The van der Waals surface area contributed by atoms with E-state index >= 15 is 0 Å². The van der Waals surface area contributed by atoms with Gasteiger partial charge in [0, 0.05) is 10.7 Å². The first kappa shape index (κ1) is 19.3. The Morgan fingerprint density at radius 3 is 2.65 bits per heavy atom. The summed E-state index contributed by atoms with van der Waals surface area (Å²) >= 11 is 12.0. The normalized spacial score (nSPS) is 10.6. The maximum Gasteiger partial charge on any atom is 0.266 e. The molecule has 26 heavy (non-hydrogen) atoms. The van der Waals surface area contributed by atoms with Gasteiger partial charge in [-0.2, -0.15) is 10.5 Å². The van der Waals surface area contributed by atoms with Crippen molar-refractivity contribution in [2.24, 2.45) is 0 Å². The summed E-state index contributed by atoms with van der Waals surface area (Å²) in [7, 11) is 0. The minimum Gasteiger partial charge on any atom is -0.477 e. The van der Waals surface area contributed by atoms with Crippen LogP contribution in [-0.2, 0) is 4.79 Å². The summed E-state index contributed by atoms with van der Waals surface area (Å²) in [6.45, 7) is 1.70. The third-order valence-electron chi connectivity index (χ3n) is 3.37. The van der Waals surface area contributed by atoms with E-state index in [2.05, 4.69) is 5.32 Å². The van der Waals surface area contributed by atoms with E-state index in [1.165, 1.54) is 6.08 Å². The Morgan fingerprint density at radius 1 is 1.23 bits per heavy atom. The highest BCUT2D eigenvalue weighted by Gasteiger charge is 2.12. The molecule has 0 aliphatic carbocycles. The van der Waals surface area contributed by atoms with Crippen molar-refractivity contribution >= 4 is 40.9 Å². The van der Waals surface area contributed by atoms with Gasteiger partial charge < -0.3 is 10.1 Å². The zero-order chi connectivity index (χ0) is 19.1. The quantitative estimate of drug-likeness (QED) is 0.594. The highest BCUT2D eigenvalue weighted by molar-refractivity contribution is 6.32. The lowest BCUT2D eigenvalue weighted by molar-refractivity contribution is -0.112. The number of benzene rings is 2. The Morgan fingerprint density at radius 2 is 2.00 bits per heavy atom. The number of amides is 1. The standard InChI is InChI=1S/C19H13Cl2N3O2/c1-12-2-4-15(20)10-17(12)24-19(25)14(11-23)8-13-3-5-18(16(21)9-13)26-7-6-22/h2-5,8-10H,7H2,1H3,(H,24,25)/b14-8+. The van der Waals surface area contributed by atoms with Gasteiger partial charge in [-0.25, -0.2) is 0 Å². The van der Waals surface area contributed by atoms with Crippen LogP contribution in [0.3, 0.4) is 0 Å². The van der Waals surface area contributed by atoms with Gasteiger partial charge in [-0.15, -0.1) is 0 Å². The van der Waals surface area contributed by atoms with E-state index in [1.54, 1.807) is 36.4 Å². The first-order valence-corrected chi connectivity index (χ1v) is 8.19. The molecule has 0 heterocycles. The first-order chi connectivity index (χ1) is 12.4. The molecule has 130 valence electrons. The van der Waals surface area contributed by atoms with E-state index in [1.807, 2.05) is 19.1 Å². The molecule has 0 saturated carbocycles. The van der Waals surface area contributed by atoms with Crippen molar-refractivity contribution in [1.29, 1.82) is 10.5 Å². The van der Waals surface area contributed by atoms with Crippen molar-refractivity contribution < 1.29 is 9.53 Å². The number of ether oxygens (including phenoxy) is 1. The molecule has 0 atom stereocenters. The molecule has 0 radical (unpaired) electrons. The number of halogens is 2. The van der Waals surface area contributed by atoms with Crippen LogP contribution >= 0.6 is 23.2 Å². The summed E-state index contributed by atoms with van der Waals surface area (Å²) in [6, 6.07) is 13.6. The molecule has 0 spiro atoms. The average Bonchev–Trinajstić information content (AvgIpc) is 2.62. The smallest absolute Gasteiger partial charge is 0.266 e. The molecule has 0 saturated heterocycles. The summed E-state index contributed by atoms with van der Waals surface area (Å²) in [6.07, 6.45) is 1.41. The second kappa shape index (κ2) is 8.92. The number of hydrogen-bond acceptors (Lipinski definition) is 4. The summed E-state index contributed by atoms with van der Waals surface area (Å²) in [5.41, 5.74) is 1.81. The number of anilines is 1. The van der Waals surface area contributed by atoms with E-state index in [0.29, 0.717) is 22.0 Å². The molecule has 5 nitrogen and oxygen atoms in total. The van der Waals surface area contributed by atoms with Crippen molar-refractivity contribution in [3.05, 3.63) is 63.1 Å². The zero-order valence-electron chi connectivity index (χ0n) is 13.7. The number of carbonyl (C=O) groups excluding carboxylic acids is 1. The number of carbonyl (C=O) groups is 1. The Hall–Kier alpha value is -2.99. The molecule has 0 aromatic heterocycles. The van der Waals surface area contributed by atoms with E-state index < -0.39 is 5.91 Å². The first-order valence-electron chi connectivity index (χ1n) is 7.43. The summed E-state index contributed by atoms with van der Waals surface area (Å²) < 4.78 is 5.15. The fraction of sp³-hybridized carbons (Fsp3) is 0.105. The molecule has 2 rings (SSSR count). The number of nitriles is 2. The van der Waals surface area contributed by atoms with Gasteiger partial charge in [0.05, 0.1) is 5.02 Å². The van der Waals surface area contributed by atoms with Gasteiger partial charge in [0.15, 0.2) is 6.61 Å². The second-order valence-electron chi connectivity index (χ2n) is 5.22. The molecule has 0 bridgehead atoms. The molecule has 2 aromatic rings. The lowest BCUT2D eigenvalue weighted by atomic mass is 10.1. The summed E-state index contributed by atoms with van der Waals surface area (Å²) in [5.74, 6) is -0.207. The van der Waals surface area contributed by atoms with Crippen LogP contribution in [0.25, 0.3) is 6.08 Å². The number of hydrogen-bond donors (Lipinski definition) is 1. The summed E-state index contributed by atoms with van der Waals surface area (Å²) in [4.78, 5) is 12.4. The minimum absolute atomic E-state index is 0.0915. The topological polar surface area (TPSA) is 85.9 Å². The lowest BCUT2D eigenvalue weighted by Gasteiger charge is -2.08. The van der Waals surface area contributed by atoms with Crippen LogP contribution in [0.2, 0.25) is 10.0 Å². The molecular formula is C19H13Cl2N3O2. The van der Waals surface area contributed by atoms with Crippen molar-refractivity contribution in [1.82, 2.24) is 0 Å². The van der Waals surface area contributed by atoms with Crippen molar-refractivity contribution in [2.45, 2.75) is 6.92 Å². The molecular weight excluding hydrogens is 373 g/mol. The minimum atomic E-state index is -0.557. The predicted octanol–water partition coefficient (Wildman–Crippen LogP) is 4.75. The molecule has 0 fully saturated rings. The predicted molar refractivity (Wildman–Crippen MR) is 101 cm³/mol. The Kier molecular flexibility index (Phi) is 6.63. The highest BCUT2D eigenvalue weighted by Crippen LogP contribution is 2.27. The van der Waals surface area contributed by atoms with Crippen molar-refractivity contribution in [3.63, 3.8) is 0 Å². The van der Waals surface area contributed by atoms with Crippen LogP contribution in [0.15, 0.2) is 42.0 Å². The third kappa shape index (κ3) is 5.00. The van der Waals surface area contributed by atoms with Crippen molar-refractivity contribution in [2.75, 3.05) is 11.9 Å². The molecule has 1 N–H and O–H groups in total. The van der Waals surface area contributed by atoms with Crippen LogP contribution in [0.1, 0.15) is 11.1 Å². The van der Waals surface area contributed by atoms with E-state index in [9.17, 15) is 10.1 Å². The Balaban J connectivity index is 2.23. The van der Waals surface area contributed by atoms with E-state index in [-0.39, 0.29) is 17.2 Å². The average molecular weight is 386 g/mol. The molecule has 0 aliphatic rings. The molecule has 0 aliphatic heterocycles. The van der Waals surface area contributed by atoms with Gasteiger partial charge in [-0.05, 0) is 48.4 Å². The fourth-order valence-corrected chi connectivity index (χ4v) is 2.48. The van der Waals surface area contributed by atoms with Gasteiger partial charge >= 0.3 is 0 Å². The number of nitrogens with one attached hydrogen (secondary N) is 1. The van der Waals surface area contributed by atoms with Crippen LogP contribution in [-0.4, -0.2) is 12.5 Å². The van der Waals surface area contributed by atoms with Gasteiger partial charge in [0.1, 0.15) is 23.5 Å². The molecule has 7 heteroatoms. The number of aryl methyl sites for hydroxylation is 1. The number of nitrogens with zero attached hydrogens (tertiary/aromatic N) is 2. The van der Waals surface area contributed by atoms with Gasteiger partial charge in [-0.3, -0.25) is 4.79 Å². The third-order valence-corrected chi connectivity index (χ3v) is 3.90. The maximum absolute atomic E-state index is 12.4. The van der Waals surface area contributed by atoms with E-state index in [4.69, 9.17) is 33.2 Å². The largest absolute Gasteiger partial charge is 0.477 e. The number of rotatable bonds is 5. The molecule has 2 aromatic carbocycles. The lowest BCUT2D eigenvalue weighted by Crippen LogP contribution is -2.14. The van der Waals surface area contributed by atoms with Crippen LogP contribution in [0.4, 0.5) is 5.69 Å². The monoisotopic (exact) mass is 385 g/mol. The second-order valence-corrected chi connectivity index (χ2v) is 6.06. The summed E-state index contributed by atoms with van der Waals surface area (Å²) in [5, 5.41) is 21.3. The van der Waals surface area contributed by atoms with E-state index in [0.717, 1.165) is 5.56 Å². The van der Waals surface area contributed by atoms with Crippen LogP contribution in [0, 0.1) is 29.6 Å². The van der Waals surface area contributed by atoms with Gasteiger partial charge in [0.2, 0.25) is 0 Å². The Labute approximate surface area is 161 Å².